The molecule has 0 saturated carbocycles. The minimum atomic E-state index is 0. The molecule has 4 nitrogen and oxygen atoms in total. The van der Waals surface area contributed by atoms with Crippen molar-refractivity contribution in [3.63, 3.8) is 0 Å². The largest absolute Gasteiger partial charge is 0.494 e. The maximum Gasteiger partial charge on any atom is 0.220 e. The summed E-state index contributed by atoms with van der Waals surface area (Å²) in [5, 5.41) is 6.50. The Kier molecular flexibility index (Phi) is 11.4. The van der Waals surface area contributed by atoms with Crippen LogP contribution in [0.2, 0.25) is 0 Å². The molecule has 0 radical (unpaired) electrons. The molecular weight excluding hydrogens is 348 g/mol. The normalized spacial score (nSPS) is 17.8. The summed E-state index contributed by atoms with van der Waals surface area (Å²) in [7, 11) is 0. The molecule has 1 aromatic carbocycles. The highest BCUT2D eigenvalue weighted by molar-refractivity contribution is 5.85. The molecule has 0 bridgehead atoms. The van der Waals surface area contributed by atoms with E-state index in [9.17, 15) is 4.79 Å². The van der Waals surface area contributed by atoms with Crippen molar-refractivity contribution in [2.75, 3.05) is 26.2 Å². The van der Waals surface area contributed by atoms with Gasteiger partial charge in [-0.15, -0.1) is 12.4 Å². The van der Waals surface area contributed by atoms with Gasteiger partial charge in [0.25, 0.3) is 0 Å². The molecule has 1 saturated heterocycles. The second kappa shape index (κ2) is 13.0. The van der Waals surface area contributed by atoms with Gasteiger partial charge in [0.2, 0.25) is 5.91 Å². The number of amides is 1. The van der Waals surface area contributed by atoms with E-state index in [2.05, 4.69) is 36.6 Å². The van der Waals surface area contributed by atoms with Crippen LogP contribution in [0.3, 0.4) is 0 Å². The second-order valence-corrected chi connectivity index (χ2v) is 7.23. The Balaban J connectivity index is 0.00000338. The molecule has 2 atom stereocenters. The third-order valence-electron chi connectivity index (χ3n) is 5.07. The zero-order chi connectivity index (χ0) is 17.9. The number of benzene rings is 1. The summed E-state index contributed by atoms with van der Waals surface area (Å²) in [5.74, 6) is 2.20. The average Bonchev–Trinajstić information content (AvgIpc) is 2.64. The van der Waals surface area contributed by atoms with Gasteiger partial charge in [-0.25, -0.2) is 0 Å². The summed E-state index contributed by atoms with van der Waals surface area (Å²) in [6.07, 6.45) is 6.20. The van der Waals surface area contributed by atoms with E-state index in [1.54, 1.807) is 0 Å². The first-order chi connectivity index (χ1) is 12.2. The number of rotatable bonds is 10. The summed E-state index contributed by atoms with van der Waals surface area (Å²) >= 11 is 0. The fourth-order valence-electron chi connectivity index (χ4n) is 3.33. The smallest absolute Gasteiger partial charge is 0.220 e. The molecule has 2 unspecified atom stereocenters. The number of carbonyl (C=O) groups is 1. The second-order valence-electron chi connectivity index (χ2n) is 7.23. The minimum absolute atomic E-state index is 0. The monoisotopic (exact) mass is 382 g/mol. The maximum atomic E-state index is 12.1. The van der Waals surface area contributed by atoms with Crippen molar-refractivity contribution in [2.24, 2.45) is 11.8 Å². The Morgan fingerprint density at radius 2 is 2.12 bits per heavy atom. The van der Waals surface area contributed by atoms with Crippen LogP contribution in [0.25, 0.3) is 0 Å². The van der Waals surface area contributed by atoms with E-state index >= 15 is 0 Å². The number of piperidine rings is 1. The van der Waals surface area contributed by atoms with Gasteiger partial charge in [-0.2, -0.15) is 0 Å². The maximum absolute atomic E-state index is 12.1. The van der Waals surface area contributed by atoms with Crippen molar-refractivity contribution in [3.8, 4) is 5.75 Å². The predicted octanol–water partition coefficient (Wildman–Crippen LogP) is 3.97. The number of carbonyl (C=O) groups excluding carboxylic acids is 1. The summed E-state index contributed by atoms with van der Waals surface area (Å²) in [5.41, 5.74) is 1.23. The van der Waals surface area contributed by atoms with Crippen LogP contribution < -0.4 is 15.4 Å². The Morgan fingerprint density at radius 1 is 1.35 bits per heavy atom. The van der Waals surface area contributed by atoms with Gasteiger partial charge in [0, 0.05) is 13.0 Å². The summed E-state index contributed by atoms with van der Waals surface area (Å²) < 4.78 is 5.67. The molecule has 2 N–H and O–H groups in total. The summed E-state index contributed by atoms with van der Waals surface area (Å²) in [4.78, 5) is 12.1. The van der Waals surface area contributed by atoms with Crippen LogP contribution in [0, 0.1) is 11.8 Å². The molecule has 0 aromatic heterocycles. The lowest BCUT2D eigenvalue weighted by atomic mass is 9.85. The van der Waals surface area contributed by atoms with E-state index in [1.807, 2.05) is 12.1 Å². The van der Waals surface area contributed by atoms with Crippen LogP contribution in [0.4, 0.5) is 0 Å². The Morgan fingerprint density at radius 3 is 2.77 bits per heavy atom. The topological polar surface area (TPSA) is 50.4 Å². The van der Waals surface area contributed by atoms with Crippen molar-refractivity contribution < 1.29 is 9.53 Å². The number of ether oxygens (including phenoxy) is 1. The van der Waals surface area contributed by atoms with Crippen LogP contribution in [0.1, 0.15) is 51.5 Å². The number of hydrogen-bond acceptors (Lipinski definition) is 3. The van der Waals surface area contributed by atoms with Gasteiger partial charge in [-0.3, -0.25) is 4.79 Å². The lowest BCUT2D eigenvalue weighted by molar-refractivity contribution is -0.122. The summed E-state index contributed by atoms with van der Waals surface area (Å²) in [6, 6.07) is 8.21. The van der Waals surface area contributed by atoms with E-state index in [-0.39, 0.29) is 18.3 Å². The van der Waals surface area contributed by atoms with Gasteiger partial charge in [0.1, 0.15) is 5.75 Å². The lowest BCUT2D eigenvalue weighted by Crippen LogP contribution is -2.36. The van der Waals surface area contributed by atoms with Gasteiger partial charge in [-0.1, -0.05) is 32.4 Å². The number of halogens is 1. The van der Waals surface area contributed by atoms with Crippen molar-refractivity contribution in [1.82, 2.24) is 10.6 Å². The molecule has 1 aliphatic rings. The van der Waals surface area contributed by atoms with Crippen molar-refractivity contribution >= 4 is 18.3 Å². The van der Waals surface area contributed by atoms with Crippen molar-refractivity contribution in [1.29, 1.82) is 0 Å². The molecule has 5 heteroatoms. The molecule has 1 heterocycles. The third kappa shape index (κ3) is 8.41. The molecule has 1 aliphatic heterocycles. The van der Waals surface area contributed by atoms with Crippen LogP contribution in [0.5, 0.6) is 5.75 Å². The molecule has 26 heavy (non-hydrogen) atoms. The fraction of sp³-hybridized carbons (Fsp3) is 0.667. The number of hydrogen-bond donors (Lipinski definition) is 2. The molecule has 2 rings (SSSR count). The van der Waals surface area contributed by atoms with E-state index < -0.39 is 0 Å². The molecule has 0 aliphatic carbocycles. The minimum Gasteiger partial charge on any atom is -0.494 e. The van der Waals surface area contributed by atoms with E-state index in [0.717, 1.165) is 44.7 Å². The first kappa shape index (κ1) is 22.8. The Bertz CT molecular complexity index is 501. The Labute approximate surface area is 164 Å². The van der Waals surface area contributed by atoms with Crippen molar-refractivity contribution in [3.05, 3.63) is 29.8 Å². The zero-order valence-electron chi connectivity index (χ0n) is 16.3. The molecule has 1 amide bonds. The quantitative estimate of drug-likeness (QED) is 0.602. The highest BCUT2D eigenvalue weighted by atomic mass is 35.5. The molecule has 1 fully saturated rings. The number of unbranched alkanes of at least 4 members (excludes halogenated alkanes) is 1. The van der Waals surface area contributed by atoms with Crippen LogP contribution >= 0.6 is 12.4 Å². The van der Waals surface area contributed by atoms with E-state index in [1.165, 1.54) is 18.4 Å². The predicted molar refractivity (Wildman–Crippen MR) is 110 cm³/mol. The van der Waals surface area contributed by atoms with Gasteiger partial charge in [0.15, 0.2) is 0 Å². The third-order valence-corrected chi connectivity index (χ3v) is 5.07. The average molecular weight is 383 g/mol. The van der Waals surface area contributed by atoms with Crippen LogP contribution in [0.15, 0.2) is 24.3 Å². The van der Waals surface area contributed by atoms with Crippen LogP contribution in [-0.4, -0.2) is 32.1 Å². The van der Waals surface area contributed by atoms with E-state index in [0.29, 0.717) is 24.8 Å². The molecule has 148 valence electrons. The van der Waals surface area contributed by atoms with Gasteiger partial charge < -0.3 is 15.4 Å². The van der Waals surface area contributed by atoms with Crippen molar-refractivity contribution in [2.45, 2.75) is 52.4 Å². The first-order valence-electron chi connectivity index (χ1n) is 9.88. The van der Waals surface area contributed by atoms with Crippen LogP contribution in [-0.2, 0) is 11.2 Å². The zero-order valence-corrected chi connectivity index (χ0v) is 17.1. The van der Waals surface area contributed by atoms with E-state index in [4.69, 9.17) is 4.74 Å². The lowest BCUT2D eigenvalue weighted by Gasteiger charge is -2.28. The standard InChI is InChI=1S/C21H34N2O2.ClH/c1-3-4-14-25-20-9-7-18(8-10-20)11-13-23-21(24)15-17(2)19-6-5-12-22-16-19;/h7-10,17,19,22H,3-6,11-16H2,1-2H3,(H,23,24);1H. The Hall–Kier alpha value is -1.26. The highest BCUT2D eigenvalue weighted by Crippen LogP contribution is 2.22. The first-order valence-corrected chi connectivity index (χ1v) is 9.88. The van der Waals surface area contributed by atoms with Gasteiger partial charge in [-0.05, 0) is 68.3 Å². The highest BCUT2D eigenvalue weighted by Gasteiger charge is 2.21. The summed E-state index contributed by atoms with van der Waals surface area (Å²) in [6.45, 7) is 8.02. The SMILES string of the molecule is CCCCOc1ccc(CCNC(=O)CC(C)C2CCCNC2)cc1.Cl. The molecular formula is C21H35ClN2O2. The molecule has 1 aromatic rings. The number of nitrogens with one attached hydrogen (secondary N) is 2. The van der Waals surface area contributed by atoms with Gasteiger partial charge in [0.05, 0.1) is 6.61 Å². The molecule has 0 spiro atoms. The van der Waals surface area contributed by atoms with Gasteiger partial charge >= 0.3 is 0 Å². The fourth-order valence-corrected chi connectivity index (χ4v) is 3.33.